The summed E-state index contributed by atoms with van der Waals surface area (Å²) in [6.07, 6.45) is 0.973. The number of hydrogen-bond donors (Lipinski definition) is 2. The van der Waals surface area contributed by atoms with E-state index >= 15 is 0 Å². The topological polar surface area (TPSA) is 47.3 Å². The molecule has 3 N–H and O–H groups in total. The fourth-order valence-corrected chi connectivity index (χ4v) is 1.89. The van der Waals surface area contributed by atoms with Crippen LogP contribution in [0.1, 0.15) is 24.5 Å². The molecule has 0 atom stereocenters. The second kappa shape index (κ2) is 6.85. The smallest absolute Gasteiger partial charge is 0.144 e. The zero-order chi connectivity index (χ0) is 14.4. The number of ether oxygens (including phenoxy) is 1. The van der Waals surface area contributed by atoms with Crippen LogP contribution in [0.25, 0.3) is 0 Å². The van der Waals surface area contributed by atoms with E-state index in [1.807, 2.05) is 18.2 Å². The van der Waals surface area contributed by atoms with Crippen LogP contribution in [0.5, 0.6) is 5.75 Å². The van der Waals surface area contributed by atoms with Gasteiger partial charge in [0.15, 0.2) is 0 Å². The number of hydrogen-bond acceptors (Lipinski definition) is 3. The zero-order valence-electron chi connectivity index (χ0n) is 12.1. The molecule has 106 valence electrons. The summed E-state index contributed by atoms with van der Waals surface area (Å²) in [6.45, 7) is 5.65. The fourth-order valence-electron chi connectivity index (χ4n) is 1.89. The number of anilines is 2. The Hall–Kier alpha value is -2.16. The Labute approximate surface area is 120 Å². The van der Waals surface area contributed by atoms with Crippen molar-refractivity contribution in [2.45, 2.75) is 26.8 Å². The van der Waals surface area contributed by atoms with E-state index in [1.165, 1.54) is 11.1 Å². The number of nitrogens with two attached hydrogens (primary N) is 1. The molecule has 0 heterocycles. The quantitative estimate of drug-likeness (QED) is 0.781. The van der Waals surface area contributed by atoms with Crippen LogP contribution in [-0.4, -0.2) is 6.61 Å². The normalized spacial score (nSPS) is 10.3. The van der Waals surface area contributed by atoms with Crippen molar-refractivity contribution in [3.63, 3.8) is 0 Å². The minimum atomic E-state index is 0.680. The summed E-state index contributed by atoms with van der Waals surface area (Å²) in [5, 5.41) is 3.39. The number of nitrogens with one attached hydrogen (secondary N) is 1. The first-order valence-electron chi connectivity index (χ1n) is 7.01. The summed E-state index contributed by atoms with van der Waals surface area (Å²) in [7, 11) is 0. The first-order chi connectivity index (χ1) is 9.69. The summed E-state index contributed by atoms with van der Waals surface area (Å²) in [4.78, 5) is 0. The molecule has 0 spiro atoms. The highest BCUT2D eigenvalue weighted by atomic mass is 16.5. The van der Waals surface area contributed by atoms with Gasteiger partial charge in [0.1, 0.15) is 5.75 Å². The zero-order valence-corrected chi connectivity index (χ0v) is 12.1. The van der Waals surface area contributed by atoms with Gasteiger partial charge in [-0.05, 0) is 31.0 Å². The van der Waals surface area contributed by atoms with E-state index in [-0.39, 0.29) is 0 Å². The number of benzene rings is 2. The fraction of sp³-hybridized carbons (Fsp3) is 0.294. The molecule has 0 aromatic heterocycles. The molecule has 0 bridgehead atoms. The van der Waals surface area contributed by atoms with E-state index in [1.54, 1.807) is 0 Å². The first kappa shape index (κ1) is 14.3. The molecule has 0 saturated heterocycles. The number of nitrogen functional groups attached to an aromatic ring is 1. The van der Waals surface area contributed by atoms with Crippen LogP contribution in [0.2, 0.25) is 0 Å². The molecule has 0 aliphatic rings. The second-order valence-electron chi connectivity index (χ2n) is 4.94. The van der Waals surface area contributed by atoms with Gasteiger partial charge in [0.2, 0.25) is 0 Å². The van der Waals surface area contributed by atoms with Crippen LogP contribution in [0.3, 0.4) is 0 Å². The Morgan fingerprint density at radius 1 is 1.10 bits per heavy atom. The van der Waals surface area contributed by atoms with Crippen molar-refractivity contribution in [1.29, 1.82) is 0 Å². The third-order valence-corrected chi connectivity index (χ3v) is 3.09. The Morgan fingerprint density at radius 3 is 2.55 bits per heavy atom. The van der Waals surface area contributed by atoms with E-state index in [4.69, 9.17) is 10.5 Å². The van der Waals surface area contributed by atoms with Gasteiger partial charge in [0.05, 0.1) is 12.3 Å². The molecule has 2 rings (SSSR count). The van der Waals surface area contributed by atoms with Gasteiger partial charge in [-0.2, -0.15) is 0 Å². The van der Waals surface area contributed by atoms with E-state index in [0.29, 0.717) is 12.3 Å². The molecule has 2 aromatic carbocycles. The maximum Gasteiger partial charge on any atom is 0.144 e. The van der Waals surface area contributed by atoms with Crippen LogP contribution >= 0.6 is 0 Å². The van der Waals surface area contributed by atoms with Crippen molar-refractivity contribution in [3.8, 4) is 5.75 Å². The highest BCUT2D eigenvalue weighted by Crippen LogP contribution is 2.26. The Balaban J connectivity index is 2.00. The number of aryl methyl sites for hydroxylation is 1. The van der Waals surface area contributed by atoms with Crippen LogP contribution in [0.4, 0.5) is 11.4 Å². The summed E-state index contributed by atoms with van der Waals surface area (Å²) in [6, 6.07) is 14.3. The average Bonchev–Trinajstić information content (AvgIpc) is 2.46. The molecule has 0 aliphatic heterocycles. The Kier molecular flexibility index (Phi) is 4.88. The largest absolute Gasteiger partial charge is 0.491 e. The minimum absolute atomic E-state index is 0.680. The molecule has 0 unspecified atom stereocenters. The lowest BCUT2D eigenvalue weighted by molar-refractivity contribution is 0.319. The van der Waals surface area contributed by atoms with Gasteiger partial charge in [0, 0.05) is 18.3 Å². The Bertz CT molecular complexity index is 549. The van der Waals surface area contributed by atoms with E-state index in [2.05, 4.69) is 43.4 Å². The molecule has 0 amide bonds. The summed E-state index contributed by atoms with van der Waals surface area (Å²) in [5.74, 6) is 0.751. The summed E-state index contributed by atoms with van der Waals surface area (Å²) >= 11 is 0. The number of rotatable bonds is 6. The van der Waals surface area contributed by atoms with Crippen molar-refractivity contribution in [2.75, 3.05) is 17.7 Å². The van der Waals surface area contributed by atoms with Gasteiger partial charge in [-0.25, -0.2) is 0 Å². The van der Waals surface area contributed by atoms with Crippen molar-refractivity contribution < 1.29 is 4.74 Å². The molecule has 0 saturated carbocycles. The lowest BCUT2D eigenvalue weighted by Gasteiger charge is -2.12. The monoisotopic (exact) mass is 270 g/mol. The van der Waals surface area contributed by atoms with Crippen molar-refractivity contribution in [3.05, 3.63) is 53.6 Å². The molecule has 0 radical (unpaired) electrons. The molecule has 20 heavy (non-hydrogen) atoms. The third kappa shape index (κ3) is 3.92. The minimum Gasteiger partial charge on any atom is -0.491 e. The molecule has 0 aliphatic carbocycles. The average molecular weight is 270 g/mol. The predicted octanol–water partition coefficient (Wildman–Crippen LogP) is 3.98. The van der Waals surface area contributed by atoms with Crippen molar-refractivity contribution >= 4 is 11.4 Å². The highest BCUT2D eigenvalue weighted by Gasteiger charge is 2.02. The standard InChI is InChI=1S/C17H22N2O/c1-3-10-20-17-11-15(8-9-16(17)18)19-12-14-6-4-13(2)5-7-14/h4-9,11,19H,3,10,12,18H2,1-2H3. The van der Waals surface area contributed by atoms with Crippen LogP contribution < -0.4 is 15.8 Å². The van der Waals surface area contributed by atoms with Crippen molar-refractivity contribution in [1.82, 2.24) is 0 Å². The van der Waals surface area contributed by atoms with Gasteiger partial charge in [0.25, 0.3) is 0 Å². The lowest BCUT2D eigenvalue weighted by Crippen LogP contribution is -2.02. The molecule has 3 nitrogen and oxygen atoms in total. The molecular formula is C17H22N2O. The molecule has 0 fully saturated rings. The summed E-state index contributed by atoms with van der Waals surface area (Å²) in [5.41, 5.74) is 10.1. The molecule has 3 heteroatoms. The lowest BCUT2D eigenvalue weighted by atomic mass is 10.1. The van der Waals surface area contributed by atoms with E-state index in [0.717, 1.165) is 24.4 Å². The van der Waals surface area contributed by atoms with E-state index in [9.17, 15) is 0 Å². The maximum atomic E-state index is 5.90. The second-order valence-corrected chi connectivity index (χ2v) is 4.94. The van der Waals surface area contributed by atoms with Crippen LogP contribution in [0.15, 0.2) is 42.5 Å². The van der Waals surface area contributed by atoms with Gasteiger partial charge >= 0.3 is 0 Å². The molecular weight excluding hydrogens is 248 g/mol. The van der Waals surface area contributed by atoms with Gasteiger partial charge in [-0.1, -0.05) is 36.8 Å². The first-order valence-corrected chi connectivity index (χ1v) is 7.01. The highest BCUT2D eigenvalue weighted by molar-refractivity contribution is 5.61. The van der Waals surface area contributed by atoms with E-state index < -0.39 is 0 Å². The molecule has 2 aromatic rings. The third-order valence-electron chi connectivity index (χ3n) is 3.09. The van der Waals surface area contributed by atoms with Gasteiger partial charge < -0.3 is 15.8 Å². The Morgan fingerprint density at radius 2 is 1.85 bits per heavy atom. The van der Waals surface area contributed by atoms with Crippen LogP contribution in [0, 0.1) is 6.92 Å². The predicted molar refractivity (Wildman–Crippen MR) is 85.1 cm³/mol. The summed E-state index contributed by atoms with van der Waals surface area (Å²) < 4.78 is 5.63. The van der Waals surface area contributed by atoms with Crippen LogP contribution in [-0.2, 0) is 6.54 Å². The van der Waals surface area contributed by atoms with Crippen molar-refractivity contribution in [2.24, 2.45) is 0 Å². The van der Waals surface area contributed by atoms with Gasteiger partial charge in [-0.15, -0.1) is 0 Å². The maximum absolute atomic E-state index is 5.90. The van der Waals surface area contributed by atoms with Gasteiger partial charge in [-0.3, -0.25) is 0 Å². The SMILES string of the molecule is CCCOc1cc(NCc2ccc(C)cc2)ccc1N.